The summed E-state index contributed by atoms with van der Waals surface area (Å²) in [5.74, 6) is 0.326. The monoisotopic (exact) mass is 354 g/mol. The van der Waals surface area contributed by atoms with Crippen molar-refractivity contribution in [1.29, 1.82) is 0 Å². The molecule has 1 amide bonds. The van der Waals surface area contributed by atoms with Gasteiger partial charge in [0, 0.05) is 32.5 Å². The summed E-state index contributed by atoms with van der Waals surface area (Å²) < 4.78 is 31.3. The zero-order chi connectivity index (χ0) is 17.3. The second-order valence-electron chi connectivity index (χ2n) is 6.29. The molecule has 1 saturated heterocycles. The Morgan fingerprint density at radius 2 is 1.92 bits per heavy atom. The van der Waals surface area contributed by atoms with Crippen LogP contribution in [-0.2, 0) is 16.4 Å². The van der Waals surface area contributed by atoms with Crippen molar-refractivity contribution < 1.29 is 22.4 Å². The lowest BCUT2D eigenvalue weighted by molar-refractivity contribution is 0.0929. The summed E-state index contributed by atoms with van der Waals surface area (Å²) in [6.07, 6.45) is 3.56. The summed E-state index contributed by atoms with van der Waals surface area (Å²) >= 11 is 0. The molecule has 0 saturated carbocycles. The molecule has 1 aromatic heterocycles. The van der Waals surface area contributed by atoms with Gasteiger partial charge in [0.25, 0.3) is 5.91 Å². The molecule has 1 N–H and O–H groups in total. The average molecular weight is 354 g/mol. The van der Waals surface area contributed by atoms with E-state index in [1.54, 1.807) is 6.92 Å². The molecular formula is C16H22N2O5S. The van der Waals surface area contributed by atoms with Gasteiger partial charge in [-0.25, -0.2) is 12.7 Å². The zero-order valence-electron chi connectivity index (χ0n) is 13.8. The van der Waals surface area contributed by atoms with Crippen LogP contribution in [0.15, 0.2) is 4.42 Å². The van der Waals surface area contributed by atoms with Crippen molar-refractivity contribution in [2.45, 2.75) is 39.0 Å². The van der Waals surface area contributed by atoms with Crippen molar-refractivity contribution in [3.63, 3.8) is 0 Å². The van der Waals surface area contributed by atoms with E-state index in [-0.39, 0.29) is 23.6 Å². The maximum absolute atomic E-state index is 12.4. The number of amides is 1. The highest BCUT2D eigenvalue weighted by atomic mass is 32.2. The summed E-state index contributed by atoms with van der Waals surface area (Å²) in [7, 11) is -3.33. The van der Waals surface area contributed by atoms with Gasteiger partial charge >= 0.3 is 0 Å². The molecule has 1 fully saturated rings. The molecule has 1 aromatic rings. The van der Waals surface area contributed by atoms with Crippen LogP contribution in [0.1, 0.15) is 57.9 Å². The topological polar surface area (TPSA) is 96.7 Å². The molecule has 0 unspecified atom stereocenters. The van der Waals surface area contributed by atoms with Crippen molar-refractivity contribution in [3.05, 3.63) is 22.6 Å². The first-order chi connectivity index (χ1) is 11.4. The molecule has 3 rings (SSSR count). The van der Waals surface area contributed by atoms with Crippen molar-refractivity contribution >= 4 is 21.7 Å². The Kier molecular flexibility index (Phi) is 4.78. The number of fused-ring (bicyclic) bond motifs is 1. The molecule has 1 aliphatic heterocycles. The van der Waals surface area contributed by atoms with Gasteiger partial charge in [-0.15, -0.1) is 0 Å². The minimum atomic E-state index is -3.33. The number of hydrogen-bond donors (Lipinski definition) is 1. The van der Waals surface area contributed by atoms with E-state index in [0.29, 0.717) is 43.0 Å². The number of aryl methyl sites for hydroxylation is 2. The third kappa shape index (κ3) is 3.25. The quantitative estimate of drug-likeness (QED) is 0.859. The summed E-state index contributed by atoms with van der Waals surface area (Å²) in [4.78, 5) is 24.5. The minimum absolute atomic E-state index is 0.0191. The van der Waals surface area contributed by atoms with Crippen molar-refractivity contribution in [2.24, 2.45) is 0 Å². The van der Waals surface area contributed by atoms with Gasteiger partial charge in [-0.1, -0.05) is 0 Å². The standard InChI is InChI=1S/C16H22N2O5S/c1-11-14(15-12(19)5-4-6-13(15)23-11)16(20)17-7-10-24(21,22)18-8-2-3-9-18/h2-10H2,1H3,(H,17,20). The highest BCUT2D eigenvalue weighted by Crippen LogP contribution is 2.29. The van der Waals surface area contributed by atoms with E-state index in [1.165, 1.54) is 4.31 Å². The van der Waals surface area contributed by atoms with Crippen molar-refractivity contribution in [3.8, 4) is 0 Å². The lowest BCUT2D eigenvalue weighted by Gasteiger charge is -2.15. The summed E-state index contributed by atoms with van der Waals surface area (Å²) in [6, 6.07) is 0. The largest absolute Gasteiger partial charge is 0.465 e. The molecular weight excluding hydrogens is 332 g/mol. The van der Waals surface area contributed by atoms with Gasteiger partial charge in [0.05, 0.1) is 16.9 Å². The van der Waals surface area contributed by atoms with Crippen LogP contribution in [0.25, 0.3) is 0 Å². The zero-order valence-corrected chi connectivity index (χ0v) is 14.6. The van der Waals surface area contributed by atoms with Crippen LogP contribution >= 0.6 is 0 Å². The van der Waals surface area contributed by atoms with E-state index < -0.39 is 15.9 Å². The van der Waals surface area contributed by atoms with Gasteiger partial charge in [0.15, 0.2) is 5.78 Å². The van der Waals surface area contributed by atoms with E-state index >= 15 is 0 Å². The van der Waals surface area contributed by atoms with Gasteiger partial charge in [-0.05, 0) is 26.2 Å². The van der Waals surface area contributed by atoms with Gasteiger partial charge in [0.1, 0.15) is 11.5 Å². The number of rotatable bonds is 5. The average Bonchev–Trinajstić information content (AvgIpc) is 3.14. The van der Waals surface area contributed by atoms with Crippen molar-refractivity contribution in [2.75, 3.05) is 25.4 Å². The van der Waals surface area contributed by atoms with E-state index in [2.05, 4.69) is 5.32 Å². The van der Waals surface area contributed by atoms with Gasteiger partial charge < -0.3 is 9.73 Å². The van der Waals surface area contributed by atoms with Crippen LogP contribution in [0.2, 0.25) is 0 Å². The van der Waals surface area contributed by atoms with Gasteiger partial charge in [-0.2, -0.15) is 0 Å². The van der Waals surface area contributed by atoms with E-state index in [1.807, 2.05) is 0 Å². The molecule has 2 aliphatic rings. The molecule has 2 heterocycles. The van der Waals surface area contributed by atoms with E-state index in [0.717, 1.165) is 19.3 Å². The Bertz CT molecular complexity index is 760. The smallest absolute Gasteiger partial charge is 0.255 e. The van der Waals surface area contributed by atoms with E-state index in [9.17, 15) is 18.0 Å². The van der Waals surface area contributed by atoms with Crippen LogP contribution < -0.4 is 5.32 Å². The number of sulfonamides is 1. The number of hydrogen-bond acceptors (Lipinski definition) is 5. The van der Waals surface area contributed by atoms with E-state index in [4.69, 9.17) is 4.42 Å². The molecule has 24 heavy (non-hydrogen) atoms. The Morgan fingerprint density at radius 1 is 1.21 bits per heavy atom. The van der Waals surface area contributed by atoms with Crippen LogP contribution in [0.4, 0.5) is 0 Å². The minimum Gasteiger partial charge on any atom is -0.465 e. The Hall–Kier alpha value is -1.67. The fourth-order valence-corrected chi connectivity index (χ4v) is 4.79. The number of nitrogens with one attached hydrogen (secondary N) is 1. The molecule has 7 nitrogen and oxygen atoms in total. The lowest BCUT2D eigenvalue weighted by atomic mass is 9.93. The maximum Gasteiger partial charge on any atom is 0.255 e. The van der Waals surface area contributed by atoms with Crippen molar-refractivity contribution in [1.82, 2.24) is 9.62 Å². The Balaban J connectivity index is 1.66. The molecule has 0 radical (unpaired) electrons. The summed E-state index contributed by atoms with van der Waals surface area (Å²) in [5.41, 5.74) is 0.631. The number of furan rings is 1. The second kappa shape index (κ2) is 6.68. The lowest BCUT2D eigenvalue weighted by Crippen LogP contribution is -2.36. The number of nitrogens with zero attached hydrogens (tertiary/aromatic N) is 1. The molecule has 0 aromatic carbocycles. The Morgan fingerprint density at radius 3 is 2.62 bits per heavy atom. The third-order valence-corrected chi connectivity index (χ3v) is 6.45. The van der Waals surface area contributed by atoms with Crippen LogP contribution in [0, 0.1) is 6.92 Å². The fraction of sp³-hybridized carbons (Fsp3) is 0.625. The fourth-order valence-electron chi connectivity index (χ4n) is 3.36. The molecule has 8 heteroatoms. The molecule has 0 spiro atoms. The highest BCUT2D eigenvalue weighted by Gasteiger charge is 2.31. The molecule has 1 aliphatic carbocycles. The van der Waals surface area contributed by atoms with Crippen LogP contribution in [-0.4, -0.2) is 49.8 Å². The predicted molar refractivity (Wildman–Crippen MR) is 87.6 cm³/mol. The SMILES string of the molecule is Cc1oc2c(c1C(=O)NCCS(=O)(=O)N1CCCC1)C(=O)CCC2. The first-order valence-electron chi connectivity index (χ1n) is 8.31. The number of carbonyl (C=O) groups is 2. The Labute approximate surface area is 141 Å². The molecule has 0 atom stereocenters. The molecule has 0 bridgehead atoms. The number of Topliss-reactive ketones (excluding diaryl/α,β-unsaturated/α-hetero) is 1. The first kappa shape index (κ1) is 17.2. The first-order valence-corrected chi connectivity index (χ1v) is 9.92. The summed E-state index contributed by atoms with van der Waals surface area (Å²) in [6.45, 7) is 2.78. The van der Waals surface area contributed by atoms with Gasteiger partial charge in [0.2, 0.25) is 10.0 Å². The third-order valence-electron chi connectivity index (χ3n) is 4.57. The normalized spacial score (nSPS) is 18.6. The second-order valence-corrected chi connectivity index (χ2v) is 8.37. The number of ketones is 1. The predicted octanol–water partition coefficient (Wildman–Crippen LogP) is 1.26. The van der Waals surface area contributed by atoms with Crippen LogP contribution in [0.3, 0.4) is 0 Å². The number of carbonyl (C=O) groups excluding carboxylic acids is 2. The van der Waals surface area contributed by atoms with Gasteiger partial charge in [-0.3, -0.25) is 9.59 Å². The maximum atomic E-state index is 12.4. The highest BCUT2D eigenvalue weighted by molar-refractivity contribution is 7.89. The van der Waals surface area contributed by atoms with Crippen LogP contribution in [0.5, 0.6) is 0 Å². The summed E-state index contributed by atoms with van der Waals surface area (Å²) in [5, 5.41) is 2.62. The molecule has 132 valence electrons.